The van der Waals surface area contributed by atoms with E-state index in [9.17, 15) is 9.59 Å². The van der Waals surface area contributed by atoms with Crippen molar-refractivity contribution in [1.82, 2.24) is 0 Å². The molecule has 0 spiro atoms. The highest BCUT2D eigenvalue weighted by atomic mass is 16.5. The minimum atomic E-state index is -0.155. The third kappa shape index (κ3) is 25.7. The van der Waals surface area contributed by atoms with E-state index in [-0.39, 0.29) is 11.8 Å². The molecular weight excluding hydrogens is 252 g/mol. The third-order valence-corrected chi connectivity index (χ3v) is 2.70. The molecule has 0 N–H and O–H groups in total. The van der Waals surface area contributed by atoms with Crippen LogP contribution in [0.15, 0.2) is 12.8 Å². The molecule has 20 heavy (non-hydrogen) atoms. The maximum atomic E-state index is 11.0. The number of hydrogen-bond acceptors (Lipinski definition) is 3. The Kier molecular flexibility index (Phi) is 18.9. The first-order chi connectivity index (χ1) is 9.54. The Balaban J connectivity index is 0. The van der Waals surface area contributed by atoms with E-state index in [1.54, 1.807) is 0 Å². The number of esters is 1. The Labute approximate surface area is 124 Å². The highest BCUT2D eigenvalue weighted by molar-refractivity contribution is 5.72. The topological polar surface area (TPSA) is 43.4 Å². The maximum Gasteiger partial charge on any atom is 0.310 e. The normalized spacial score (nSPS) is 9.35. The lowest BCUT2D eigenvalue weighted by Gasteiger charge is -2.01. The summed E-state index contributed by atoms with van der Waals surface area (Å²) in [6.07, 6.45) is 13.1. The van der Waals surface area contributed by atoms with Gasteiger partial charge in [0.2, 0.25) is 0 Å². The molecule has 0 heterocycles. The molecule has 0 rings (SSSR count). The van der Waals surface area contributed by atoms with E-state index in [4.69, 9.17) is 0 Å². The van der Waals surface area contributed by atoms with Crippen LogP contribution in [0.3, 0.4) is 0 Å². The van der Waals surface area contributed by atoms with Crippen LogP contribution in [-0.2, 0) is 14.3 Å². The number of carbonyl (C=O) groups is 2. The van der Waals surface area contributed by atoms with Crippen LogP contribution in [0.2, 0.25) is 0 Å². The van der Waals surface area contributed by atoms with Gasteiger partial charge in [0.05, 0.1) is 6.26 Å². The lowest BCUT2D eigenvalue weighted by atomic mass is 10.1. The molecule has 0 aliphatic heterocycles. The number of hydrogen-bond donors (Lipinski definition) is 0. The summed E-state index contributed by atoms with van der Waals surface area (Å²) in [4.78, 5) is 20.4. The van der Waals surface area contributed by atoms with Gasteiger partial charge >= 0.3 is 5.97 Å². The van der Waals surface area contributed by atoms with Crippen molar-refractivity contribution in [1.29, 1.82) is 0 Å². The molecule has 0 bridgehead atoms. The highest BCUT2D eigenvalue weighted by Gasteiger charge is 1.99. The van der Waals surface area contributed by atoms with E-state index >= 15 is 0 Å². The van der Waals surface area contributed by atoms with E-state index in [0.717, 1.165) is 12.8 Å². The van der Waals surface area contributed by atoms with Crippen LogP contribution < -0.4 is 0 Å². The molecule has 0 aromatic rings. The van der Waals surface area contributed by atoms with Crippen molar-refractivity contribution in [3.05, 3.63) is 12.8 Å². The van der Waals surface area contributed by atoms with Gasteiger partial charge in [0, 0.05) is 6.42 Å². The summed E-state index contributed by atoms with van der Waals surface area (Å²) in [5.41, 5.74) is 0. The van der Waals surface area contributed by atoms with Gasteiger partial charge < -0.3 is 9.53 Å². The number of ether oxygens (including phenoxy) is 1. The summed E-state index contributed by atoms with van der Waals surface area (Å²) in [7, 11) is 0. The van der Waals surface area contributed by atoms with Gasteiger partial charge in [-0.15, -0.1) is 0 Å². The van der Waals surface area contributed by atoms with Gasteiger partial charge in [0.15, 0.2) is 0 Å². The minimum Gasteiger partial charge on any atom is -0.435 e. The van der Waals surface area contributed by atoms with Gasteiger partial charge in [-0.05, 0) is 20.3 Å². The summed E-state index contributed by atoms with van der Waals surface area (Å²) >= 11 is 0. The van der Waals surface area contributed by atoms with Crippen LogP contribution >= 0.6 is 0 Å². The maximum absolute atomic E-state index is 11.0. The average Bonchev–Trinajstić information content (AvgIpc) is 2.36. The molecule has 0 amide bonds. The van der Waals surface area contributed by atoms with Crippen LogP contribution in [0.4, 0.5) is 0 Å². The first kappa shape index (κ1) is 21.2. The van der Waals surface area contributed by atoms with Gasteiger partial charge in [-0.2, -0.15) is 0 Å². The summed E-state index contributed by atoms with van der Waals surface area (Å²) in [5.74, 6) is 0.0120. The number of rotatable bonds is 11. The fourth-order valence-electron chi connectivity index (χ4n) is 1.73. The molecule has 118 valence electrons. The van der Waals surface area contributed by atoms with Gasteiger partial charge in [0.25, 0.3) is 0 Å². The van der Waals surface area contributed by atoms with E-state index in [0.29, 0.717) is 6.42 Å². The van der Waals surface area contributed by atoms with E-state index in [2.05, 4.69) is 18.2 Å². The zero-order valence-corrected chi connectivity index (χ0v) is 13.6. The molecule has 0 saturated carbocycles. The first-order valence-electron chi connectivity index (χ1n) is 7.82. The SMILES string of the molecule is C=COC(=O)CCCCCCCCCCC.CC(C)=O. The van der Waals surface area contributed by atoms with Crippen LogP contribution in [0.1, 0.15) is 85.0 Å². The van der Waals surface area contributed by atoms with Crippen LogP contribution in [-0.4, -0.2) is 11.8 Å². The van der Waals surface area contributed by atoms with Crippen molar-refractivity contribution in [2.45, 2.75) is 85.0 Å². The van der Waals surface area contributed by atoms with Crippen LogP contribution in [0.25, 0.3) is 0 Å². The molecule has 0 radical (unpaired) electrons. The van der Waals surface area contributed by atoms with Crippen molar-refractivity contribution in [3.8, 4) is 0 Å². The predicted octanol–water partition coefficient (Wildman–Crippen LogP) is 5.19. The van der Waals surface area contributed by atoms with Crippen molar-refractivity contribution in [3.63, 3.8) is 0 Å². The van der Waals surface area contributed by atoms with Gasteiger partial charge in [-0.3, -0.25) is 4.79 Å². The highest BCUT2D eigenvalue weighted by Crippen LogP contribution is 2.10. The van der Waals surface area contributed by atoms with Crippen LogP contribution in [0, 0.1) is 0 Å². The molecule has 0 atom stereocenters. The van der Waals surface area contributed by atoms with E-state index in [1.165, 1.54) is 65.1 Å². The quantitative estimate of drug-likeness (QED) is 0.298. The van der Waals surface area contributed by atoms with Crippen molar-refractivity contribution in [2.24, 2.45) is 0 Å². The van der Waals surface area contributed by atoms with Gasteiger partial charge in [0.1, 0.15) is 5.78 Å². The Morgan fingerprint density at radius 3 is 1.70 bits per heavy atom. The molecule has 3 heteroatoms. The Morgan fingerprint density at radius 1 is 0.900 bits per heavy atom. The molecule has 0 aromatic heterocycles. The standard InChI is InChI=1S/C14H26O2.C3H6O/c1-3-5-6-7-8-9-10-11-12-13-14(15)16-4-2;1-3(2)4/h4H,2-3,5-13H2,1H3;1-2H3. The fourth-order valence-corrected chi connectivity index (χ4v) is 1.73. The summed E-state index contributed by atoms with van der Waals surface area (Å²) in [6.45, 7) is 8.64. The third-order valence-electron chi connectivity index (χ3n) is 2.70. The van der Waals surface area contributed by atoms with E-state index < -0.39 is 0 Å². The zero-order valence-electron chi connectivity index (χ0n) is 13.6. The number of Topliss-reactive ketones (excluding diaryl/α,β-unsaturated/α-hetero) is 1. The largest absolute Gasteiger partial charge is 0.435 e. The van der Waals surface area contributed by atoms with Crippen molar-refractivity contribution >= 4 is 11.8 Å². The summed E-state index contributed by atoms with van der Waals surface area (Å²) in [6, 6.07) is 0. The van der Waals surface area contributed by atoms with Crippen molar-refractivity contribution in [2.75, 3.05) is 0 Å². The summed E-state index contributed by atoms with van der Waals surface area (Å²) in [5, 5.41) is 0. The Bertz CT molecular complexity index is 243. The molecule has 0 unspecified atom stereocenters. The molecule has 0 aromatic carbocycles. The number of ketones is 1. The molecule has 0 fully saturated rings. The molecule has 3 nitrogen and oxygen atoms in total. The Hall–Kier alpha value is -1.12. The van der Waals surface area contributed by atoms with E-state index in [1.807, 2.05) is 0 Å². The Morgan fingerprint density at radius 2 is 1.30 bits per heavy atom. The van der Waals surface area contributed by atoms with Crippen LogP contribution in [0.5, 0.6) is 0 Å². The predicted molar refractivity (Wildman–Crippen MR) is 84.5 cm³/mol. The number of unbranched alkanes of at least 4 members (excludes halogenated alkanes) is 8. The second-order valence-corrected chi connectivity index (χ2v) is 5.14. The average molecular weight is 284 g/mol. The molecule has 0 aliphatic carbocycles. The monoisotopic (exact) mass is 284 g/mol. The number of carbonyl (C=O) groups excluding carboxylic acids is 2. The second-order valence-electron chi connectivity index (χ2n) is 5.14. The zero-order chi connectivity index (χ0) is 15.6. The molecule has 0 saturated heterocycles. The lowest BCUT2D eigenvalue weighted by Crippen LogP contribution is -1.98. The second kappa shape index (κ2) is 17.9. The molecular formula is C17H32O3. The minimum absolute atomic E-state index is 0.155. The summed E-state index contributed by atoms with van der Waals surface area (Å²) < 4.78 is 4.64. The smallest absolute Gasteiger partial charge is 0.310 e. The lowest BCUT2D eigenvalue weighted by molar-refractivity contribution is -0.138. The first-order valence-corrected chi connectivity index (χ1v) is 7.82. The van der Waals surface area contributed by atoms with Crippen molar-refractivity contribution < 1.29 is 14.3 Å². The fraction of sp³-hybridized carbons (Fsp3) is 0.765. The van der Waals surface area contributed by atoms with Gasteiger partial charge in [-0.25, -0.2) is 0 Å². The molecule has 0 aliphatic rings. The van der Waals surface area contributed by atoms with Gasteiger partial charge in [-0.1, -0.05) is 64.9 Å².